The third kappa shape index (κ3) is 2.36. The highest BCUT2D eigenvalue weighted by atomic mass is 16.5. The molecule has 0 aromatic heterocycles. The molecule has 2 heterocycles. The number of rotatable bonds is 1. The summed E-state index contributed by atoms with van der Waals surface area (Å²) < 4.78 is 5.88. The quantitative estimate of drug-likeness (QED) is 0.661. The molecule has 3 unspecified atom stereocenters. The predicted molar refractivity (Wildman–Crippen MR) is 63.0 cm³/mol. The third-order valence-electron chi connectivity index (χ3n) is 4.09. The first-order chi connectivity index (χ1) is 7.00. The Morgan fingerprint density at radius 3 is 2.47 bits per heavy atom. The molecule has 0 bridgehead atoms. The van der Waals surface area contributed by atoms with Gasteiger partial charge in [0.05, 0.1) is 12.7 Å². The molecule has 0 saturated carbocycles. The SMILES string of the molecule is CCC1CC2CN(C(C)(C)C)CC2CO1. The molecular formula is C13H25NO. The van der Waals surface area contributed by atoms with Crippen LogP contribution in [0.5, 0.6) is 0 Å². The standard InChI is InChI=1S/C13H25NO/c1-5-12-6-10-7-14(13(2,3)4)8-11(10)9-15-12/h10-12H,5-9H2,1-4H3. The Balaban J connectivity index is 1.96. The minimum absolute atomic E-state index is 0.332. The van der Waals surface area contributed by atoms with E-state index in [-0.39, 0.29) is 0 Å². The van der Waals surface area contributed by atoms with E-state index in [9.17, 15) is 0 Å². The molecule has 0 aliphatic carbocycles. The fraction of sp³-hybridized carbons (Fsp3) is 1.00. The molecule has 3 atom stereocenters. The normalized spacial score (nSPS) is 38.0. The van der Waals surface area contributed by atoms with E-state index in [2.05, 4.69) is 32.6 Å². The second kappa shape index (κ2) is 4.06. The van der Waals surface area contributed by atoms with E-state index in [4.69, 9.17) is 4.74 Å². The van der Waals surface area contributed by atoms with Gasteiger partial charge in [-0.05, 0) is 45.4 Å². The molecule has 0 aromatic rings. The Labute approximate surface area is 94.0 Å². The monoisotopic (exact) mass is 211 g/mol. The molecular weight excluding hydrogens is 186 g/mol. The van der Waals surface area contributed by atoms with Gasteiger partial charge in [0.1, 0.15) is 0 Å². The van der Waals surface area contributed by atoms with E-state index >= 15 is 0 Å². The van der Waals surface area contributed by atoms with Gasteiger partial charge in [0.15, 0.2) is 0 Å². The second-order valence-electron chi connectivity index (χ2n) is 6.20. The molecule has 2 heteroatoms. The summed E-state index contributed by atoms with van der Waals surface area (Å²) >= 11 is 0. The van der Waals surface area contributed by atoms with Crippen LogP contribution in [0.25, 0.3) is 0 Å². The van der Waals surface area contributed by atoms with Crippen molar-refractivity contribution in [3.63, 3.8) is 0 Å². The van der Waals surface area contributed by atoms with Crippen LogP contribution in [0.3, 0.4) is 0 Å². The predicted octanol–water partition coefficient (Wildman–Crippen LogP) is 2.53. The van der Waals surface area contributed by atoms with E-state index in [1.165, 1.54) is 25.9 Å². The van der Waals surface area contributed by atoms with Crippen molar-refractivity contribution in [2.45, 2.75) is 52.2 Å². The molecule has 0 aromatic carbocycles. The van der Waals surface area contributed by atoms with E-state index in [1.54, 1.807) is 0 Å². The highest BCUT2D eigenvalue weighted by Gasteiger charge is 2.40. The maximum absolute atomic E-state index is 5.88. The first-order valence-electron chi connectivity index (χ1n) is 6.37. The molecule has 0 spiro atoms. The summed E-state index contributed by atoms with van der Waals surface area (Å²) in [6, 6.07) is 0. The van der Waals surface area contributed by atoms with Gasteiger partial charge in [-0.25, -0.2) is 0 Å². The van der Waals surface area contributed by atoms with Crippen molar-refractivity contribution >= 4 is 0 Å². The lowest BCUT2D eigenvalue weighted by Crippen LogP contribution is -2.39. The van der Waals surface area contributed by atoms with E-state index < -0.39 is 0 Å². The first-order valence-corrected chi connectivity index (χ1v) is 6.37. The molecule has 2 fully saturated rings. The number of hydrogen-bond acceptors (Lipinski definition) is 2. The lowest BCUT2D eigenvalue weighted by Gasteiger charge is -2.31. The fourth-order valence-corrected chi connectivity index (χ4v) is 2.89. The molecule has 0 amide bonds. The van der Waals surface area contributed by atoms with Crippen LogP contribution in [0.1, 0.15) is 40.5 Å². The molecule has 15 heavy (non-hydrogen) atoms. The lowest BCUT2D eigenvalue weighted by atomic mass is 9.88. The summed E-state index contributed by atoms with van der Waals surface area (Å²) in [4.78, 5) is 2.63. The number of hydrogen-bond donors (Lipinski definition) is 0. The summed E-state index contributed by atoms with van der Waals surface area (Å²) in [5.74, 6) is 1.69. The third-order valence-corrected chi connectivity index (χ3v) is 4.09. The topological polar surface area (TPSA) is 12.5 Å². The number of ether oxygens (including phenoxy) is 1. The van der Waals surface area contributed by atoms with Crippen LogP contribution in [-0.4, -0.2) is 36.2 Å². The minimum atomic E-state index is 0.332. The zero-order valence-corrected chi connectivity index (χ0v) is 10.6. The van der Waals surface area contributed by atoms with Crippen LogP contribution >= 0.6 is 0 Å². The van der Waals surface area contributed by atoms with Crippen molar-refractivity contribution < 1.29 is 4.74 Å². The average Bonchev–Trinajstić information content (AvgIpc) is 2.59. The van der Waals surface area contributed by atoms with Crippen LogP contribution in [0.4, 0.5) is 0 Å². The van der Waals surface area contributed by atoms with Crippen LogP contribution in [-0.2, 0) is 4.74 Å². The van der Waals surface area contributed by atoms with Gasteiger partial charge in [-0.2, -0.15) is 0 Å². The van der Waals surface area contributed by atoms with Crippen LogP contribution < -0.4 is 0 Å². The van der Waals surface area contributed by atoms with E-state index in [1.807, 2.05) is 0 Å². The van der Waals surface area contributed by atoms with Crippen molar-refractivity contribution in [2.75, 3.05) is 19.7 Å². The fourth-order valence-electron chi connectivity index (χ4n) is 2.89. The Morgan fingerprint density at radius 2 is 1.87 bits per heavy atom. The highest BCUT2D eigenvalue weighted by Crippen LogP contribution is 2.36. The van der Waals surface area contributed by atoms with Gasteiger partial charge in [0.25, 0.3) is 0 Å². The molecule has 2 nitrogen and oxygen atoms in total. The van der Waals surface area contributed by atoms with Gasteiger partial charge in [-0.1, -0.05) is 6.92 Å². The lowest BCUT2D eigenvalue weighted by molar-refractivity contribution is -0.0325. The number of nitrogens with zero attached hydrogens (tertiary/aromatic N) is 1. The van der Waals surface area contributed by atoms with Gasteiger partial charge in [-0.15, -0.1) is 0 Å². The van der Waals surface area contributed by atoms with Crippen molar-refractivity contribution in [3.05, 3.63) is 0 Å². The van der Waals surface area contributed by atoms with Crippen LogP contribution in [0.2, 0.25) is 0 Å². The second-order valence-corrected chi connectivity index (χ2v) is 6.20. The van der Waals surface area contributed by atoms with Crippen LogP contribution in [0, 0.1) is 11.8 Å². The van der Waals surface area contributed by atoms with E-state index in [0.29, 0.717) is 11.6 Å². The summed E-state index contributed by atoms with van der Waals surface area (Å²) in [6.07, 6.45) is 3.00. The zero-order valence-electron chi connectivity index (χ0n) is 10.6. The Bertz CT molecular complexity index is 221. The smallest absolute Gasteiger partial charge is 0.0575 e. The molecule has 2 saturated heterocycles. The van der Waals surface area contributed by atoms with Gasteiger partial charge >= 0.3 is 0 Å². The first kappa shape index (κ1) is 11.4. The summed E-state index contributed by atoms with van der Waals surface area (Å²) in [5, 5.41) is 0. The van der Waals surface area contributed by atoms with Crippen molar-refractivity contribution in [1.29, 1.82) is 0 Å². The Kier molecular flexibility index (Phi) is 3.09. The van der Waals surface area contributed by atoms with Gasteiger partial charge in [0.2, 0.25) is 0 Å². The highest BCUT2D eigenvalue weighted by molar-refractivity contribution is 4.92. The largest absolute Gasteiger partial charge is 0.378 e. The van der Waals surface area contributed by atoms with E-state index in [0.717, 1.165) is 18.4 Å². The molecule has 2 aliphatic rings. The summed E-state index contributed by atoms with van der Waals surface area (Å²) in [6.45, 7) is 12.7. The number of fused-ring (bicyclic) bond motifs is 1. The average molecular weight is 211 g/mol. The van der Waals surface area contributed by atoms with Gasteiger partial charge in [-0.3, -0.25) is 4.90 Å². The Morgan fingerprint density at radius 1 is 1.20 bits per heavy atom. The summed E-state index contributed by atoms with van der Waals surface area (Å²) in [7, 11) is 0. The molecule has 0 N–H and O–H groups in total. The minimum Gasteiger partial charge on any atom is -0.378 e. The molecule has 2 rings (SSSR count). The van der Waals surface area contributed by atoms with Gasteiger partial charge < -0.3 is 4.74 Å². The van der Waals surface area contributed by atoms with Gasteiger partial charge in [0, 0.05) is 18.6 Å². The zero-order chi connectivity index (χ0) is 11.1. The van der Waals surface area contributed by atoms with Crippen molar-refractivity contribution in [1.82, 2.24) is 4.90 Å². The molecule has 0 radical (unpaired) electrons. The van der Waals surface area contributed by atoms with Crippen LogP contribution in [0.15, 0.2) is 0 Å². The summed E-state index contributed by atoms with van der Waals surface area (Å²) in [5.41, 5.74) is 0.332. The molecule has 2 aliphatic heterocycles. The maximum Gasteiger partial charge on any atom is 0.0575 e. The van der Waals surface area contributed by atoms with Crippen molar-refractivity contribution in [3.8, 4) is 0 Å². The molecule has 88 valence electrons. The number of likely N-dealkylation sites (tertiary alicyclic amines) is 1. The Hall–Kier alpha value is -0.0800. The maximum atomic E-state index is 5.88. The van der Waals surface area contributed by atoms with Crippen molar-refractivity contribution in [2.24, 2.45) is 11.8 Å².